The molecule has 4 heteroatoms. The van der Waals surface area contributed by atoms with Crippen molar-refractivity contribution >= 4 is 5.91 Å². The number of rotatable bonds is 7. The molecular formula is C16H23N3O. The number of hydrogen-bond acceptors (Lipinski definition) is 3. The van der Waals surface area contributed by atoms with Crippen LogP contribution in [0.3, 0.4) is 0 Å². The molecule has 0 aliphatic rings. The van der Waals surface area contributed by atoms with E-state index < -0.39 is 0 Å². The van der Waals surface area contributed by atoms with Crippen LogP contribution in [0.1, 0.15) is 24.0 Å². The zero-order valence-corrected chi connectivity index (χ0v) is 12.6. The molecule has 0 radical (unpaired) electrons. The Morgan fingerprint density at radius 2 is 1.85 bits per heavy atom. The third-order valence-electron chi connectivity index (χ3n) is 3.27. The van der Waals surface area contributed by atoms with E-state index in [4.69, 9.17) is 5.26 Å². The van der Waals surface area contributed by atoms with E-state index in [0.29, 0.717) is 19.4 Å². The summed E-state index contributed by atoms with van der Waals surface area (Å²) in [6, 6.07) is 10.5. The molecule has 0 saturated carbocycles. The van der Waals surface area contributed by atoms with Gasteiger partial charge in [-0.2, -0.15) is 5.26 Å². The van der Waals surface area contributed by atoms with Gasteiger partial charge in [0.25, 0.3) is 0 Å². The summed E-state index contributed by atoms with van der Waals surface area (Å²) < 4.78 is 0. The van der Waals surface area contributed by atoms with Crippen LogP contribution >= 0.6 is 0 Å². The second kappa shape index (κ2) is 8.34. The lowest BCUT2D eigenvalue weighted by atomic mass is 10.1. The Bertz CT molecular complexity index is 462. The first-order valence-corrected chi connectivity index (χ1v) is 6.88. The Morgan fingerprint density at radius 1 is 1.20 bits per heavy atom. The number of amides is 1. The highest BCUT2D eigenvalue weighted by atomic mass is 16.2. The summed E-state index contributed by atoms with van der Waals surface area (Å²) in [6.45, 7) is 4.15. The Hall–Kier alpha value is -1.86. The molecule has 4 nitrogen and oxygen atoms in total. The maximum atomic E-state index is 11.8. The van der Waals surface area contributed by atoms with Crippen LogP contribution in [0.5, 0.6) is 0 Å². The molecule has 20 heavy (non-hydrogen) atoms. The van der Waals surface area contributed by atoms with Crippen LogP contribution in [0.25, 0.3) is 0 Å². The van der Waals surface area contributed by atoms with Gasteiger partial charge in [0, 0.05) is 33.1 Å². The summed E-state index contributed by atoms with van der Waals surface area (Å²) in [5.74, 6) is 0.0935. The number of nitrogens with zero attached hydrogens (tertiary/aromatic N) is 3. The second-order valence-electron chi connectivity index (χ2n) is 5.20. The maximum absolute atomic E-state index is 11.8. The van der Waals surface area contributed by atoms with Gasteiger partial charge in [-0.3, -0.25) is 4.79 Å². The lowest BCUT2D eigenvalue weighted by molar-refractivity contribution is -0.130. The minimum Gasteiger partial charge on any atom is -0.345 e. The van der Waals surface area contributed by atoms with Crippen molar-refractivity contribution in [1.29, 1.82) is 5.26 Å². The van der Waals surface area contributed by atoms with Crippen LogP contribution in [0, 0.1) is 18.3 Å². The van der Waals surface area contributed by atoms with Gasteiger partial charge in [-0.05, 0) is 19.5 Å². The maximum Gasteiger partial charge on any atom is 0.223 e. The van der Waals surface area contributed by atoms with Gasteiger partial charge in [-0.15, -0.1) is 0 Å². The van der Waals surface area contributed by atoms with Gasteiger partial charge in [0.15, 0.2) is 0 Å². The molecule has 0 spiro atoms. The monoisotopic (exact) mass is 273 g/mol. The van der Waals surface area contributed by atoms with E-state index in [9.17, 15) is 4.79 Å². The molecule has 0 fully saturated rings. The fourth-order valence-corrected chi connectivity index (χ4v) is 1.90. The highest BCUT2D eigenvalue weighted by molar-refractivity contribution is 5.76. The van der Waals surface area contributed by atoms with E-state index in [-0.39, 0.29) is 5.91 Å². The number of aryl methyl sites for hydroxylation is 1. The number of hydrogen-bond donors (Lipinski definition) is 0. The van der Waals surface area contributed by atoms with Crippen LogP contribution in [-0.2, 0) is 11.3 Å². The summed E-state index contributed by atoms with van der Waals surface area (Å²) >= 11 is 0. The quantitative estimate of drug-likeness (QED) is 0.765. The third kappa shape index (κ3) is 5.85. The summed E-state index contributed by atoms with van der Waals surface area (Å²) in [5, 5.41) is 8.50. The molecule has 0 aliphatic heterocycles. The fraction of sp³-hybridized carbons (Fsp3) is 0.500. The molecule has 0 unspecified atom stereocenters. The van der Waals surface area contributed by atoms with Gasteiger partial charge < -0.3 is 9.80 Å². The van der Waals surface area contributed by atoms with Gasteiger partial charge in [-0.1, -0.05) is 29.8 Å². The van der Waals surface area contributed by atoms with E-state index >= 15 is 0 Å². The summed E-state index contributed by atoms with van der Waals surface area (Å²) in [4.78, 5) is 15.6. The molecule has 0 heterocycles. The van der Waals surface area contributed by atoms with Crippen molar-refractivity contribution in [2.75, 3.05) is 27.2 Å². The van der Waals surface area contributed by atoms with Crippen LogP contribution in [-0.4, -0.2) is 42.9 Å². The van der Waals surface area contributed by atoms with E-state index in [0.717, 1.165) is 13.1 Å². The molecule has 1 amide bonds. The molecule has 0 saturated heterocycles. The van der Waals surface area contributed by atoms with Crippen molar-refractivity contribution in [3.63, 3.8) is 0 Å². The number of carbonyl (C=O) groups excluding carboxylic acids is 1. The molecule has 1 aromatic rings. The Labute approximate surface area is 121 Å². The predicted molar refractivity (Wildman–Crippen MR) is 80.0 cm³/mol. The van der Waals surface area contributed by atoms with Crippen molar-refractivity contribution < 1.29 is 4.79 Å². The van der Waals surface area contributed by atoms with Crippen LogP contribution in [0.15, 0.2) is 24.3 Å². The minimum absolute atomic E-state index is 0.0935. The molecule has 0 N–H and O–H groups in total. The first-order valence-electron chi connectivity index (χ1n) is 6.88. The van der Waals surface area contributed by atoms with Crippen LogP contribution in [0.2, 0.25) is 0 Å². The predicted octanol–water partition coefficient (Wildman–Crippen LogP) is 2.19. The number of nitriles is 1. The van der Waals surface area contributed by atoms with Gasteiger partial charge in [-0.25, -0.2) is 0 Å². The van der Waals surface area contributed by atoms with Crippen molar-refractivity contribution in [2.45, 2.75) is 26.3 Å². The van der Waals surface area contributed by atoms with E-state index in [1.807, 2.05) is 7.05 Å². The standard InChI is InChI=1S/C16H23N3O/c1-14-5-7-15(8-6-14)13-18(2)12-9-16(20)19(3)11-4-10-17/h5-8H,4,9,11-13H2,1-3H3. The SMILES string of the molecule is Cc1ccc(CN(C)CCC(=O)N(C)CCC#N)cc1. The Balaban J connectivity index is 2.32. The minimum atomic E-state index is 0.0935. The normalized spacial score (nSPS) is 10.3. The highest BCUT2D eigenvalue weighted by Crippen LogP contribution is 2.06. The fourth-order valence-electron chi connectivity index (χ4n) is 1.90. The van der Waals surface area contributed by atoms with Gasteiger partial charge in [0.2, 0.25) is 5.91 Å². The number of carbonyl (C=O) groups is 1. The molecule has 1 aromatic carbocycles. The molecule has 0 aromatic heterocycles. The smallest absolute Gasteiger partial charge is 0.223 e. The lowest BCUT2D eigenvalue weighted by Gasteiger charge is -2.19. The zero-order valence-electron chi connectivity index (χ0n) is 12.6. The second-order valence-corrected chi connectivity index (χ2v) is 5.20. The largest absolute Gasteiger partial charge is 0.345 e. The summed E-state index contributed by atoms with van der Waals surface area (Å²) in [6.07, 6.45) is 0.881. The topological polar surface area (TPSA) is 47.3 Å². The van der Waals surface area contributed by atoms with Crippen molar-refractivity contribution in [3.05, 3.63) is 35.4 Å². The van der Waals surface area contributed by atoms with Crippen molar-refractivity contribution in [1.82, 2.24) is 9.80 Å². The van der Waals surface area contributed by atoms with Crippen molar-refractivity contribution in [2.24, 2.45) is 0 Å². The Morgan fingerprint density at radius 3 is 2.45 bits per heavy atom. The average molecular weight is 273 g/mol. The molecule has 0 aliphatic carbocycles. The first-order chi connectivity index (χ1) is 9.52. The number of benzene rings is 1. The summed E-state index contributed by atoms with van der Waals surface area (Å²) in [7, 11) is 3.77. The lowest BCUT2D eigenvalue weighted by Crippen LogP contribution is -2.31. The highest BCUT2D eigenvalue weighted by Gasteiger charge is 2.09. The summed E-state index contributed by atoms with van der Waals surface area (Å²) in [5.41, 5.74) is 2.51. The molecular weight excluding hydrogens is 250 g/mol. The molecule has 0 bridgehead atoms. The molecule has 108 valence electrons. The van der Waals surface area contributed by atoms with Crippen LogP contribution in [0.4, 0.5) is 0 Å². The van der Waals surface area contributed by atoms with E-state index in [2.05, 4.69) is 42.2 Å². The average Bonchev–Trinajstić information content (AvgIpc) is 2.44. The third-order valence-corrected chi connectivity index (χ3v) is 3.27. The van der Waals surface area contributed by atoms with Gasteiger partial charge in [0.05, 0.1) is 12.5 Å². The van der Waals surface area contributed by atoms with Crippen molar-refractivity contribution in [3.8, 4) is 6.07 Å². The van der Waals surface area contributed by atoms with Crippen LogP contribution < -0.4 is 0 Å². The first kappa shape index (κ1) is 16.2. The Kier molecular flexibility index (Phi) is 6.75. The van der Waals surface area contributed by atoms with Gasteiger partial charge in [0.1, 0.15) is 0 Å². The molecule has 1 rings (SSSR count). The zero-order chi connectivity index (χ0) is 15.0. The molecule has 0 atom stereocenters. The van der Waals surface area contributed by atoms with E-state index in [1.54, 1.807) is 11.9 Å². The van der Waals surface area contributed by atoms with E-state index in [1.165, 1.54) is 11.1 Å². The van der Waals surface area contributed by atoms with Gasteiger partial charge >= 0.3 is 0 Å².